The minimum absolute atomic E-state index is 0.0976. The van der Waals surface area contributed by atoms with E-state index in [4.69, 9.17) is 9.47 Å². The van der Waals surface area contributed by atoms with Gasteiger partial charge in [0, 0.05) is 12.1 Å². The van der Waals surface area contributed by atoms with Crippen molar-refractivity contribution in [1.29, 1.82) is 0 Å². The zero-order valence-electron chi connectivity index (χ0n) is 12.7. The SMILES string of the molecule is COc1cc(C)c(CNC2(CO)CCCC2)cc1OC. The van der Waals surface area contributed by atoms with E-state index in [-0.39, 0.29) is 12.1 Å². The molecule has 112 valence electrons. The van der Waals surface area contributed by atoms with Crippen molar-refractivity contribution in [2.24, 2.45) is 0 Å². The lowest BCUT2D eigenvalue weighted by molar-refractivity contribution is 0.163. The Bertz CT molecular complexity index is 453. The molecule has 0 spiro atoms. The fourth-order valence-electron chi connectivity index (χ4n) is 2.94. The lowest BCUT2D eigenvalue weighted by atomic mass is 9.97. The molecule has 0 aromatic heterocycles. The quantitative estimate of drug-likeness (QED) is 0.839. The van der Waals surface area contributed by atoms with Crippen molar-refractivity contribution in [2.45, 2.75) is 44.7 Å². The number of methoxy groups -OCH3 is 2. The van der Waals surface area contributed by atoms with E-state index >= 15 is 0 Å². The van der Waals surface area contributed by atoms with Gasteiger partial charge in [-0.3, -0.25) is 0 Å². The summed E-state index contributed by atoms with van der Waals surface area (Å²) in [5.41, 5.74) is 2.25. The van der Waals surface area contributed by atoms with Crippen LogP contribution >= 0.6 is 0 Å². The molecule has 0 amide bonds. The van der Waals surface area contributed by atoms with E-state index in [1.54, 1.807) is 14.2 Å². The monoisotopic (exact) mass is 279 g/mol. The zero-order valence-corrected chi connectivity index (χ0v) is 12.7. The predicted molar refractivity (Wildman–Crippen MR) is 79.4 cm³/mol. The van der Waals surface area contributed by atoms with Gasteiger partial charge in [-0.05, 0) is 43.0 Å². The Balaban J connectivity index is 2.13. The molecular weight excluding hydrogens is 254 g/mol. The number of hydrogen-bond acceptors (Lipinski definition) is 4. The molecule has 1 aromatic carbocycles. The third kappa shape index (κ3) is 3.07. The van der Waals surface area contributed by atoms with Crippen LogP contribution in [0.25, 0.3) is 0 Å². The molecule has 0 bridgehead atoms. The maximum atomic E-state index is 9.64. The van der Waals surface area contributed by atoms with Crippen LogP contribution in [0.1, 0.15) is 36.8 Å². The molecule has 0 aliphatic heterocycles. The summed E-state index contributed by atoms with van der Waals surface area (Å²) in [5.74, 6) is 1.51. The van der Waals surface area contributed by atoms with Crippen molar-refractivity contribution < 1.29 is 14.6 Å². The van der Waals surface area contributed by atoms with Crippen molar-refractivity contribution >= 4 is 0 Å². The van der Waals surface area contributed by atoms with Gasteiger partial charge in [0.05, 0.1) is 20.8 Å². The summed E-state index contributed by atoms with van der Waals surface area (Å²) in [7, 11) is 3.30. The molecule has 1 aliphatic rings. The average molecular weight is 279 g/mol. The van der Waals surface area contributed by atoms with E-state index in [1.165, 1.54) is 24.0 Å². The lowest BCUT2D eigenvalue weighted by Gasteiger charge is -2.28. The fraction of sp³-hybridized carbons (Fsp3) is 0.625. The lowest BCUT2D eigenvalue weighted by Crippen LogP contribution is -2.45. The number of nitrogens with one attached hydrogen (secondary N) is 1. The maximum Gasteiger partial charge on any atom is 0.161 e. The van der Waals surface area contributed by atoms with E-state index in [9.17, 15) is 5.11 Å². The van der Waals surface area contributed by atoms with E-state index < -0.39 is 0 Å². The normalized spacial score (nSPS) is 17.2. The summed E-state index contributed by atoms with van der Waals surface area (Å²) in [4.78, 5) is 0. The van der Waals surface area contributed by atoms with Gasteiger partial charge in [0.15, 0.2) is 11.5 Å². The Labute approximate surface area is 121 Å². The van der Waals surface area contributed by atoms with Gasteiger partial charge in [-0.2, -0.15) is 0 Å². The van der Waals surface area contributed by atoms with Crippen molar-refractivity contribution in [3.05, 3.63) is 23.3 Å². The first kappa shape index (κ1) is 15.1. The molecule has 0 unspecified atom stereocenters. The summed E-state index contributed by atoms with van der Waals surface area (Å²) >= 11 is 0. The second-order valence-electron chi connectivity index (χ2n) is 5.63. The number of aliphatic hydroxyl groups excluding tert-OH is 1. The molecule has 1 aliphatic carbocycles. The van der Waals surface area contributed by atoms with E-state index in [1.807, 2.05) is 12.1 Å². The number of ether oxygens (including phenoxy) is 2. The molecule has 2 N–H and O–H groups in total. The van der Waals surface area contributed by atoms with Crippen LogP contribution in [0.3, 0.4) is 0 Å². The van der Waals surface area contributed by atoms with Gasteiger partial charge in [0.2, 0.25) is 0 Å². The van der Waals surface area contributed by atoms with E-state index in [0.29, 0.717) is 0 Å². The number of benzene rings is 1. The molecule has 20 heavy (non-hydrogen) atoms. The first-order valence-corrected chi connectivity index (χ1v) is 7.21. The minimum Gasteiger partial charge on any atom is -0.493 e. The third-order valence-corrected chi connectivity index (χ3v) is 4.36. The summed E-state index contributed by atoms with van der Waals surface area (Å²) in [5, 5.41) is 13.2. The molecule has 0 saturated heterocycles. The van der Waals surface area contributed by atoms with E-state index in [2.05, 4.69) is 12.2 Å². The topological polar surface area (TPSA) is 50.7 Å². The van der Waals surface area contributed by atoms with Crippen molar-refractivity contribution in [3.8, 4) is 11.5 Å². The van der Waals surface area contributed by atoms with Crippen LogP contribution < -0.4 is 14.8 Å². The van der Waals surface area contributed by atoms with Crippen LogP contribution in [0, 0.1) is 6.92 Å². The highest BCUT2D eigenvalue weighted by molar-refractivity contribution is 5.47. The van der Waals surface area contributed by atoms with Gasteiger partial charge >= 0.3 is 0 Å². The second kappa shape index (κ2) is 6.46. The Morgan fingerprint density at radius 1 is 1.15 bits per heavy atom. The molecule has 1 fully saturated rings. The molecular formula is C16H25NO3. The van der Waals surface area contributed by atoms with Gasteiger partial charge in [0.25, 0.3) is 0 Å². The van der Waals surface area contributed by atoms with Gasteiger partial charge < -0.3 is 19.9 Å². The molecule has 0 radical (unpaired) electrons. The molecule has 0 heterocycles. The summed E-state index contributed by atoms with van der Waals surface area (Å²) in [6.07, 6.45) is 4.49. The molecule has 4 nitrogen and oxygen atoms in total. The average Bonchev–Trinajstić information content (AvgIpc) is 2.95. The highest BCUT2D eigenvalue weighted by Gasteiger charge is 2.32. The van der Waals surface area contributed by atoms with Crippen LogP contribution in [-0.2, 0) is 6.54 Å². The van der Waals surface area contributed by atoms with Crippen LogP contribution in [0.5, 0.6) is 11.5 Å². The smallest absolute Gasteiger partial charge is 0.161 e. The number of rotatable bonds is 6. The van der Waals surface area contributed by atoms with Crippen LogP contribution in [0.4, 0.5) is 0 Å². The van der Waals surface area contributed by atoms with Gasteiger partial charge in [0.1, 0.15) is 0 Å². The van der Waals surface area contributed by atoms with Crippen molar-refractivity contribution in [2.75, 3.05) is 20.8 Å². The second-order valence-corrected chi connectivity index (χ2v) is 5.63. The molecule has 4 heteroatoms. The Morgan fingerprint density at radius 2 is 1.75 bits per heavy atom. The highest BCUT2D eigenvalue weighted by atomic mass is 16.5. The van der Waals surface area contributed by atoms with Gasteiger partial charge in [-0.25, -0.2) is 0 Å². The summed E-state index contributed by atoms with van der Waals surface area (Å²) in [6.45, 7) is 3.02. The van der Waals surface area contributed by atoms with Gasteiger partial charge in [-0.15, -0.1) is 0 Å². The zero-order chi connectivity index (χ0) is 14.6. The van der Waals surface area contributed by atoms with Gasteiger partial charge in [-0.1, -0.05) is 12.8 Å². The van der Waals surface area contributed by atoms with Crippen LogP contribution in [-0.4, -0.2) is 31.5 Å². The predicted octanol–water partition coefficient (Wildman–Crippen LogP) is 2.41. The molecule has 1 saturated carbocycles. The maximum absolute atomic E-state index is 9.64. The first-order valence-electron chi connectivity index (χ1n) is 7.21. The summed E-state index contributed by atoms with van der Waals surface area (Å²) < 4.78 is 10.7. The largest absolute Gasteiger partial charge is 0.493 e. The Morgan fingerprint density at radius 3 is 2.30 bits per heavy atom. The standard InChI is InChI=1S/C16H25NO3/c1-12-8-14(19-2)15(20-3)9-13(12)10-17-16(11-18)6-4-5-7-16/h8-9,17-18H,4-7,10-11H2,1-3H3. The first-order chi connectivity index (χ1) is 9.64. The summed E-state index contributed by atoms with van der Waals surface area (Å²) in [6, 6.07) is 4.01. The Hall–Kier alpha value is -1.26. The molecule has 2 rings (SSSR count). The van der Waals surface area contributed by atoms with Crippen molar-refractivity contribution in [3.63, 3.8) is 0 Å². The Kier molecular flexibility index (Phi) is 4.89. The number of aliphatic hydroxyl groups is 1. The van der Waals surface area contributed by atoms with Crippen molar-refractivity contribution in [1.82, 2.24) is 5.32 Å². The minimum atomic E-state index is -0.0976. The fourth-order valence-corrected chi connectivity index (χ4v) is 2.94. The number of aryl methyl sites for hydroxylation is 1. The van der Waals surface area contributed by atoms with Crippen LogP contribution in [0.2, 0.25) is 0 Å². The third-order valence-electron chi connectivity index (χ3n) is 4.36. The highest BCUT2D eigenvalue weighted by Crippen LogP contribution is 2.32. The molecule has 1 aromatic rings. The molecule has 0 atom stereocenters. The van der Waals surface area contributed by atoms with E-state index in [0.717, 1.165) is 30.9 Å². The number of hydrogen-bond donors (Lipinski definition) is 2. The van der Waals surface area contributed by atoms with Crippen LogP contribution in [0.15, 0.2) is 12.1 Å².